The zero-order valence-corrected chi connectivity index (χ0v) is 14.8. The van der Waals surface area contributed by atoms with E-state index in [1.54, 1.807) is 6.92 Å². The van der Waals surface area contributed by atoms with Gasteiger partial charge in [-0.05, 0) is 25.3 Å². The average molecular weight is 333 g/mol. The summed E-state index contributed by atoms with van der Waals surface area (Å²) < 4.78 is 5.50. The van der Waals surface area contributed by atoms with Crippen LogP contribution in [0.1, 0.15) is 49.0 Å². The fraction of sp³-hybridized carbons (Fsp3) is 0.273. The van der Waals surface area contributed by atoms with Crippen molar-refractivity contribution in [3.63, 3.8) is 0 Å². The Labute approximate surface area is 148 Å². The molecule has 0 saturated heterocycles. The Balaban J connectivity index is 1.73. The Morgan fingerprint density at radius 1 is 0.960 bits per heavy atom. The predicted octanol–water partition coefficient (Wildman–Crippen LogP) is 5.94. The first-order chi connectivity index (χ1) is 12.2. The van der Waals surface area contributed by atoms with Crippen molar-refractivity contribution in [2.45, 2.75) is 39.5 Å². The molecule has 0 saturated carbocycles. The van der Waals surface area contributed by atoms with Crippen LogP contribution in [0.2, 0.25) is 0 Å². The number of benzene rings is 2. The van der Waals surface area contributed by atoms with E-state index >= 15 is 0 Å². The lowest BCUT2D eigenvalue weighted by molar-refractivity contribution is 0.101. The minimum absolute atomic E-state index is 0.0615. The second-order valence-electron chi connectivity index (χ2n) is 6.36. The van der Waals surface area contributed by atoms with Gasteiger partial charge in [-0.2, -0.15) is 0 Å². The molecule has 3 aromatic rings. The number of Topliss-reactive ketones (excluding diaryl/α,β-unsaturated/α-hetero) is 1. The van der Waals surface area contributed by atoms with Crippen molar-refractivity contribution in [3.8, 4) is 22.6 Å². The number of aryl methyl sites for hydroxylation is 1. The molecule has 1 heterocycles. The smallest absolute Gasteiger partial charge is 0.167 e. The normalized spacial score (nSPS) is 10.8. The van der Waals surface area contributed by atoms with Crippen LogP contribution in [-0.4, -0.2) is 10.9 Å². The molecule has 0 N–H and O–H groups in total. The van der Waals surface area contributed by atoms with Crippen LogP contribution in [0.25, 0.3) is 22.6 Å². The molecule has 128 valence electrons. The van der Waals surface area contributed by atoms with Gasteiger partial charge in [0.25, 0.3) is 0 Å². The Kier molecular flexibility index (Phi) is 5.44. The van der Waals surface area contributed by atoms with Crippen molar-refractivity contribution in [1.29, 1.82) is 0 Å². The Morgan fingerprint density at radius 3 is 2.28 bits per heavy atom. The minimum atomic E-state index is 0.0615. The van der Waals surface area contributed by atoms with E-state index in [0.717, 1.165) is 29.0 Å². The quantitative estimate of drug-likeness (QED) is 0.397. The van der Waals surface area contributed by atoms with Crippen LogP contribution in [-0.2, 0) is 6.42 Å². The van der Waals surface area contributed by atoms with Gasteiger partial charge in [-0.3, -0.25) is 4.79 Å². The van der Waals surface area contributed by atoms with Gasteiger partial charge >= 0.3 is 0 Å². The molecular formula is C22H23NO2. The first-order valence-corrected chi connectivity index (χ1v) is 8.85. The third kappa shape index (κ3) is 4.24. The SMILES string of the molecule is CCCCCc1ccc(-c2cc(-c3ccc(C(C)=O)cc3)no2)cc1. The summed E-state index contributed by atoms with van der Waals surface area (Å²) in [6, 6.07) is 17.9. The van der Waals surface area contributed by atoms with Gasteiger partial charge in [0.15, 0.2) is 11.5 Å². The molecule has 0 unspecified atom stereocenters. The summed E-state index contributed by atoms with van der Waals surface area (Å²) >= 11 is 0. The zero-order chi connectivity index (χ0) is 17.6. The van der Waals surface area contributed by atoms with Gasteiger partial charge in [0.2, 0.25) is 0 Å². The molecule has 0 radical (unpaired) electrons. The standard InChI is InChI=1S/C22H23NO2/c1-3-4-5-6-17-7-9-20(10-8-17)22-15-21(23-25-22)19-13-11-18(12-14-19)16(2)24/h7-15H,3-6H2,1-2H3. The van der Waals surface area contributed by atoms with E-state index in [1.165, 1.54) is 24.8 Å². The van der Waals surface area contributed by atoms with Crippen LogP contribution in [0.4, 0.5) is 0 Å². The number of carbonyl (C=O) groups excluding carboxylic acids is 1. The van der Waals surface area contributed by atoms with E-state index in [-0.39, 0.29) is 5.78 Å². The Morgan fingerprint density at radius 2 is 1.64 bits per heavy atom. The molecule has 0 atom stereocenters. The summed E-state index contributed by atoms with van der Waals surface area (Å²) in [5, 5.41) is 4.16. The number of hydrogen-bond donors (Lipinski definition) is 0. The molecule has 3 heteroatoms. The monoisotopic (exact) mass is 333 g/mol. The largest absolute Gasteiger partial charge is 0.356 e. The summed E-state index contributed by atoms with van der Waals surface area (Å²) in [6.07, 6.45) is 4.87. The van der Waals surface area contributed by atoms with Crippen molar-refractivity contribution in [3.05, 3.63) is 65.7 Å². The predicted molar refractivity (Wildman–Crippen MR) is 101 cm³/mol. The van der Waals surface area contributed by atoms with Gasteiger partial charge in [-0.25, -0.2) is 0 Å². The number of hydrogen-bond acceptors (Lipinski definition) is 3. The summed E-state index contributed by atoms with van der Waals surface area (Å²) in [5.74, 6) is 0.817. The molecule has 3 rings (SSSR count). The lowest BCUT2D eigenvalue weighted by Gasteiger charge is -2.01. The molecule has 0 spiro atoms. The third-order valence-electron chi connectivity index (χ3n) is 4.40. The highest BCUT2D eigenvalue weighted by Gasteiger charge is 2.09. The third-order valence-corrected chi connectivity index (χ3v) is 4.40. The van der Waals surface area contributed by atoms with E-state index < -0.39 is 0 Å². The molecule has 0 aliphatic heterocycles. The van der Waals surface area contributed by atoms with Gasteiger partial charge in [0.05, 0.1) is 0 Å². The molecule has 25 heavy (non-hydrogen) atoms. The summed E-state index contributed by atoms with van der Waals surface area (Å²) in [7, 11) is 0. The van der Waals surface area contributed by atoms with Crippen LogP contribution in [0, 0.1) is 0 Å². The van der Waals surface area contributed by atoms with Gasteiger partial charge in [-0.1, -0.05) is 73.5 Å². The molecule has 2 aromatic carbocycles. The Bertz CT molecular complexity index is 829. The maximum atomic E-state index is 11.4. The van der Waals surface area contributed by atoms with E-state index in [9.17, 15) is 4.79 Å². The maximum absolute atomic E-state index is 11.4. The fourth-order valence-corrected chi connectivity index (χ4v) is 2.84. The topological polar surface area (TPSA) is 43.1 Å². The zero-order valence-electron chi connectivity index (χ0n) is 14.8. The highest BCUT2D eigenvalue weighted by molar-refractivity contribution is 5.94. The van der Waals surface area contributed by atoms with Gasteiger partial charge in [-0.15, -0.1) is 0 Å². The molecule has 0 aliphatic rings. The number of carbonyl (C=O) groups is 1. The van der Waals surface area contributed by atoms with Gasteiger partial charge < -0.3 is 4.52 Å². The molecule has 0 fully saturated rings. The van der Waals surface area contributed by atoms with E-state index in [0.29, 0.717) is 5.56 Å². The summed E-state index contributed by atoms with van der Waals surface area (Å²) in [6.45, 7) is 3.79. The maximum Gasteiger partial charge on any atom is 0.167 e. The fourth-order valence-electron chi connectivity index (χ4n) is 2.84. The van der Waals surface area contributed by atoms with Crippen molar-refractivity contribution in [2.75, 3.05) is 0 Å². The molecule has 3 nitrogen and oxygen atoms in total. The van der Waals surface area contributed by atoms with Crippen LogP contribution >= 0.6 is 0 Å². The number of rotatable bonds is 7. The highest BCUT2D eigenvalue weighted by Crippen LogP contribution is 2.26. The average Bonchev–Trinajstić information content (AvgIpc) is 3.13. The van der Waals surface area contributed by atoms with Crippen molar-refractivity contribution >= 4 is 5.78 Å². The number of nitrogens with zero attached hydrogens (tertiary/aromatic N) is 1. The van der Waals surface area contributed by atoms with E-state index in [2.05, 4.69) is 36.3 Å². The van der Waals surface area contributed by atoms with Crippen molar-refractivity contribution in [2.24, 2.45) is 0 Å². The summed E-state index contributed by atoms with van der Waals surface area (Å²) in [5.41, 5.74) is 4.80. The van der Waals surface area contributed by atoms with Crippen LogP contribution in [0.5, 0.6) is 0 Å². The molecule has 1 aromatic heterocycles. The molecule has 0 bridgehead atoms. The number of ketones is 1. The Hall–Kier alpha value is -2.68. The number of unbranched alkanes of at least 4 members (excludes halogenated alkanes) is 2. The van der Waals surface area contributed by atoms with E-state index in [1.807, 2.05) is 30.3 Å². The lowest BCUT2D eigenvalue weighted by Crippen LogP contribution is -1.90. The van der Waals surface area contributed by atoms with Crippen LogP contribution in [0.15, 0.2) is 59.1 Å². The lowest BCUT2D eigenvalue weighted by atomic mass is 10.0. The molecular weight excluding hydrogens is 310 g/mol. The molecule has 0 aliphatic carbocycles. The van der Waals surface area contributed by atoms with E-state index in [4.69, 9.17) is 4.52 Å². The second kappa shape index (κ2) is 7.93. The highest BCUT2D eigenvalue weighted by atomic mass is 16.5. The van der Waals surface area contributed by atoms with Crippen molar-refractivity contribution in [1.82, 2.24) is 5.16 Å². The second-order valence-corrected chi connectivity index (χ2v) is 6.36. The minimum Gasteiger partial charge on any atom is -0.356 e. The van der Waals surface area contributed by atoms with Crippen molar-refractivity contribution < 1.29 is 9.32 Å². The van der Waals surface area contributed by atoms with Gasteiger partial charge in [0, 0.05) is 22.8 Å². The number of aromatic nitrogens is 1. The van der Waals surface area contributed by atoms with Crippen LogP contribution in [0.3, 0.4) is 0 Å². The van der Waals surface area contributed by atoms with Gasteiger partial charge in [0.1, 0.15) is 5.69 Å². The van der Waals surface area contributed by atoms with Crippen LogP contribution < -0.4 is 0 Å². The first kappa shape index (κ1) is 17.2. The molecule has 0 amide bonds. The summed E-state index contributed by atoms with van der Waals surface area (Å²) in [4.78, 5) is 11.4. The first-order valence-electron chi connectivity index (χ1n) is 8.85.